The molecule has 0 bridgehead atoms. The average molecular weight is 219 g/mol. The van der Waals surface area contributed by atoms with Crippen molar-refractivity contribution in [1.82, 2.24) is 4.98 Å². The summed E-state index contributed by atoms with van der Waals surface area (Å²) < 4.78 is 22.7. The number of aromatic nitrogens is 1. The smallest absolute Gasteiger partial charge is 0.210 e. The largest absolute Gasteiger partial charge is 0.297 e. The van der Waals surface area contributed by atoms with Crippen molar-refractivity contribution in [1.29, 1.82) is 0 Å². The zero-order valence-electron chi connectivity index (χ0n) is 7.27. The molecule has 0 amide bonds. The van der Waals surface area contributed by atoms with Gasteiger partial charge in [-0.2, -0.15) is 0 Å². The number of carbonyl (C=O) groups is 1. The minimum absolute atomic E-state index is 0.0122. The topological polar surface area (TPSA) is 64.1 Å². The fraction of sp³-hybridized carbons (Fsp3) is 0.429. The quantitative estimate of drug-likeness (QED) is 0.713. The molecule has 0 N–H and O–H groups in total. The van der Waals surface area contributed by atoms with E-state index >= 15 is 0 Å². The zero-order valence-corrected chi connectivity index (χ0v) is 8.91. The van der Waals surface area contributed by atoms with E-state index < -0.39 is 9.84 Å². The van der Waals surface area contributed by atoms with Gasteiger partial charge in [-0.3, -0.25) is 4.79 Å². The van der Waals surface area contributed by atoms with Crippen LogP contribution < -0.4 is 0 Å². The van der Waals surface area contributed by atoms with Gasteiger partial charge >= 0.3 is 0 Å². The standard InChI is InChI=1S/C7H9NO3S2/c1-3-13(10,11)7-8-5(2)6(4-9)12-7/h4H,3H2,1-2H3. The van der Waals surface area contributed by atoms with Gasteiger partial charge in [-0.1, -0.05) is 18.3 Å². The molecule has 0 saturated heterocycles. The third kappa shape index (κ3) is 1.94. The summed E-state index contributed by atoms with van der Waals surface area (Å²) in [4.78, 5) is 14.6. The molecule has 13 heavy (non-hydrogen) atoms. The highest BCUT2D eigenvalue weighted by Crippen LogP contribution is 2.21. The van der Waals surface area contributed by atoms with E-state index in [4.69, 9.17) is 0 Å². The Bertz CT molecular complexity index is 419. The Labute approximate surface area is 80.5 Å². The fourth-order valence-corrected chi connectivity index (χ4v) is 3.01. The Morgan fingerprint density at radius 3 is 2.54 bits per heavy atom. The lowest BCUT2D eigenvalue weighted by Gasteiger charge is -1.91. The molecule has 1 heterocycles. The number of aryl methyl sites for hydroxylation is 1. The third-order valence-corrected chi connectivity index (χ3v) is 4.84. The first-order valence-electron chi connectivity index (χ1n) is 3.66. The normalized spacial score (nSPS) is 11.5. The molecule has 0 atom stereocenters. The second kappa shape index (κ2) is 3.55. The van der Waals surface area contributed by atoms with Crippen LogP contribution in [0.15, 0.2) is 4.34 Å². The van der Waals surface area contributed by atoms with Gasteiger partial charge in [0.2, 0.25) is 14.2 Å². The van der Waals surface area contributed by atoms with Gasteiger partial charge < -0.3 is 0 Å². The fourth-order valence-electron chi connectivity index (χ4n) is 0.749. The number of thiazole rings is 1. The van der Waals surface area contributed by atoms with Crippen LogP contribution in [0.3, 0.4) is 0 Å². The van der Waals surface area contributed by atoms with E-state index in [0.717, 1.165) is 11.3 Å². The molecular formula is C7H9NO3S2. The van der Waals surface area contributed by atoms with Crippen LogP contribution in [0.2, 0.25) is 0 Å². The van der Waals surface area contributed by atoms with Crippen molar-refractivity contribution in [3.8, 4) is 0 Å². The first kappa shape index (κ1) is 10.3. The Morgan fingerprint density at radius 1 is 1.54 bits per heavy atom. The van der Waals surface area contributed by atoms with Gasteiger partial charge in [0.1, 0.15) is 0 Å². The number of sulfone groups is 1. The van der Waals surface area contributed by atoms with Crippen molar-refractivity contribution in [2.75, 3.05) is 5.75 Å². The van der Waals surface area contributed by atoms with Crippen LogP contribution in [0.5, 0.6) is 0 Å². The molecule has 1 rings (SSSR count). The number of carbonyl (C=O) groups excluding carboxylic acids is 1. The summed E-state index contributed by atoms with van der Waals surface area (Å²) in [5.41, 5.74) is 0.479. The second-order valence-electron chi connectivity index (χ2n) is 2.45. The summed E-state index contributed by atoms with van der Waals surface area (Å²) in [6.45, 7) is 3.17. The number of nitrogens with zero attached hydrogens (tertiary/aromatic N) is 1. The maximum atomic E-state index is 11.3. The predicted molar refractivity (Wildman–Crippen MR) is 50.0 cm³/mol. The van der Waals surface area contributed by atoms with Crippen LogP contribution in [0.4, 0.5) is 0 Å². The molecule has 72 valence electrons. The maximum Gasteiger partial charge on any atom is 0.210 e. The molecule has 0 radical (unpaired) electrons. The first-order chi connectivity index (χ1) is 6.01. The second-order valence-corrected chi connectivity index (χ2v) is 5.93. The maximum absolute atomic E-state index is 11.3. The van der Waals surface area contributed by atoms with Crippen LogP contribution in [-0.2, 0) is 9.84 Å². The summed E-state index contributed by atoms with van der Waals surface area (Å²) in [7, 11) is -3.26. The highest BCUT2D eigenvalue weighted by Gasteiger charge is 2.18. The van der Waals surface area contributed by atoms with Crippen molar-refractivity contribution in [3.63, 3.8) is 0 Å². The van der Waals surface area contributed by atoms with Crippen LogP contribution in [0.25, 0.3) is 0 Å². The minimum atomic E-state index is -3.26. The van der Waals surface area contributed by atoms with Gasteiger partial charge in [0, 0.05) is 0 Å². The van der Waals surface area contributed by atoms with Gasteiger partial charge in [-0.25, -0.2) is 13.4 Å². The SMILES string of the molecule is CCS(=O)(=O)c1nc(C)c(C=O)s1. The van der Waals surface area contributed by atoms with Gasteiger partial charge in [0.25, 0.3) is 0 Å². The van der Waals surface area contributed by atoms with Gasteiger partial charge in [0.05, 0.1) is 16.3 Å². The average Bonchev–Trinajstić information content (AvgIpc) is 2.47. The van der Waals surface area contributed by atoms with Crippen molar-refractivity contribution in [2.45, 2.75) is 18.2 Å². The summed E-state index contributed by atoms with van der Waals surface area (Å²) >= 11 is 0.924. The number of hydrogen-bond donors (Lipinski definition) is 0. The van der Waals surface area contributed by atoms with Crippen LogP contribution in [0, 0.1) is 6.92 Å². The molecule has 0 aromatic carbocycles. The van der Waals surface area contributed by atoms with E-state index in [1.807, 2.05) is 0 Å². The molecule has 0 saturated carbocycles. The molecule has 1 aromatic heterocycles. The molecular weight excluding hydrogens is 210 g/mol. The van der Waals surface area contributed by atoms with Crippen LogP contribution >= 0.6 is 11.3 Å². The zero-order chi connectivity index (χ0) is 10.1. The van der Waals surface area contributed by atoms with E-state index in [9.17, 15) is 13.2 Å². The molecule has 0 aliphatic heterocycles. The Kier molecular flexibility index (Phi) is 2.82. The van der Waals surface area contributed by atoms with E-state index in [1.165, 1.54) is 0 Å². The summed E-state index contributed by atoms with van der Waals surface area (Å²) in [5, 5.41) is 0. The summed E-state index contributed by atoms with van der Waals surface area (Å²) in [6, 6.07) is 0. The Balaban J connectivity index is 3.26. The molecule has 0 unspecified atom stereocenters. The summed E-state index contributed by atoms with van der Waals surface area (Å²) in [5.74, 6) is 0.0122. The Hall–Kier alpha value is -0.750. The van der Waals surface area contributed by atoms with Crippen LogP contribution in [0.1, 0.15) is 22.3 Å². The van der Waals surface area contributed by atoms with Gasteiger partial charge in [-0.15, -0.1) is 0 Å². The molecule has 6 heteroatoms. The highest BCUT2D eigenvalue weighted by molar-refractivity contribution is 7.93. The lowest BCUT2D eigenvalue weighted by Crippen LogP contribution is -2.02. The van der Waals surface area contributed by atoms with E-state index in [1.54, 1.807) is 13.8 Å². The highest BCUT2D eigenvalue weighted by atomic mass is 32.2. The van der Waals surface area contributed by atoms with Crippen molar-refractivity contribution >= 4 is 27.5 Å². The van der Waals surface area contributed by atoms with Crippen molar-refractivity contribution in [3.05, 3.63) is 10.6 Å². The number of hydrogen-bond acceptors (Lipinski definition) is 5. The lowest BCUT2D eigenvalue weighted by molar-refractivity contribution is 0.112. The number of aldehydes is 1. The molecule has 4 nitrogen and oxygen atoms in total. The molecule has 0 spiro atoms. The molecule has 1 aromatic rings. The van der Waals surface area contributed by atoms with E-state index in [2.05, 4.69) is 4.98 Å². The van der Waals surface area contributed by atoms with Crippen molar-refractivity contribution in [2.24, 2.45) is 0 Å². The molecule has 0 aliphatic rings. The van der Waals surface area contributed by atoms with Crippen LogP contribution in [-0.4, -0.2) is 25.4 Å². The predicted octanol–water partition coefficient (Wildman–Crippen LogP) is 1.06. The lowest BCUT2D eigenvalue weighted by atomic mass is 10.4. The summed E-state index contributed by atoms with van der Waals surface area (Å²) in [6.07, 6.45) is 0.627. The van der Waals surface area contributed by atoms with Crippen molar-refractivity contribution < 1.29 is 13.2 Å². The number of rotatable bonds is 3. The molecule has 0 fully saturated rings. The monoisotopic (exact) mass is 219 g/mol. The Morgan fingerprint density at radius 2 is 2.15 bits per heavy atom. The molecule has 0 aliphatic carbocycles. The first-order valence-corrected chi connectivity index (χ1v) is 6.13. The minimum Gasteiger partial charge on any atom is -0.297 e. The van der Waals surface area contributed by atoms with Gasteiger partial charge in [0.15, 0.2) is 6.29 Å². The van der Waals surface area contributed by atoms with E-state index in [-0.39, 0.29) is 10.1 Å². The third-order valence-electron chi connectivity index (χ3n) is 1.57. The van der Waals surface area contributed by atoms with E-state index in [0.29, 0.717) is 16.9 Å². The van der Waals surface area contributed by atoms with Gasteiger partial charge in [-0.05, 0) is 6.92 Å².